The van der Waals surface area contributed by atoms with E-state index >= 15 is 0 Å². The number of aromatic amines is 1. The van der Waals surface area contributed by atoms with Gasteiger partial charge in [-0.15, -0.1) is 0 Å². The van der Waals surface area contributed by atoms with Crippen LogP contribution in [0.3, 0.4) is 0 Å². The van der Waals surface area contributed by atoms with Crippen LogP contribution < -0.4 is 10.6 Å². The molecule has 2 heterocycles. The number of anilines is 1. The summed E-state index contributed by atoms with van der Waals surface area (Å²) < 4.78 is 4.94. The highest BCUT2D eigenvalue weighted by molar-refractivity contribution is 5.91. The first-order valence-corrected chi connectivity index (χ1v) is 11.2. The fourth-order valence-corrected chi connectivity index (χ4v) is 3.70. The predicted octanol–water partition coefficient (Wildman–Crippen LogP) is 4.84. The van der Waals surface area contributed by atoms with Crippen molar-refractivity contribution in [1.29, 1.82) is 0 Å². The Labute approximate surface area is 193 Å². The van der Waals surface area contributed by atoms with Crippen LogP contribution in [0.4, 0.5) is 5.82 Å². The Morgan fingerprint density at radius 1 is 1.09 bits per heavy atom. The maximum absolute atomic E-state index is 11.4. The number of rotatable bonds is 10. The maximum atomic E-state index is 11.4. The summed E-state index contributed by atoms with van der Waals surface area (Å²) in [6.07, 6.45) is 1.95. The van der Waals surface area contributed by atoms with E-state index in [0.29, 0.717) is 26.1 Å². The van der Waals surface area contributed by atoms with E-state index in [1.165, 1.54) is 5.56 Å². The van der Waals surface area contributed by atoms with Crippen LogP contribution in [0.1, 0.15) is 37.4 Å². The molecule has 2 aromatic heterocycles. The molecule has 4 rings (SSSR count). The second kappa shape index (κ2) is 10.7. The van der Waals surface area contributed by atoms with Gasteiger partial charge in [-0.2, -0.15) is 0 Å². The Kier molecular flexibility index (Phi) is 7.32. The number of hydrogen-bond acceptors (Lipinski definition) is 6. The molecular weight excluding hydrogens is 414 g/mol. The molecule has 0 fully saturated rings. The summed E-state index contributed by atoms with van der Waals surface area (Å²) in [5.74, 6) is 0.635. The number of aromatic nitrogens is 3. The van der Waals surface area contributed by atoms with Crippen molar-refractivity contribution in [3.63, 3.8) is 0 Å². The number of benzene rings is 2. The highest BCUT2D eigenvalue weighted by Crippen LogP contribution is 2.29. The second-order valence-corrected chi connectivity index (χ2v) is 7.87. The van der Waals surface area contributed by atoms with Crippen LogP contribution in [-0.4, -0.2) is 34.1 Å². The lowest BCUT2D eigenvalue weighted by Crippen LogP contribution is -2.18. The highest BCUT2D eigenvalue weighted by atomic mass is 16.5. The highest BCUT2D eigenvalue weighted by Gasteiger charge is 2.12. The minimum absolute atomic E-state index is 0.123. The molecule has 0 aliphatic carbocycles. The van der Waals surface area contributed by atoms with E-state index in [2.05, 4.69) is 75.0 Å². The number of nitrogens with one attached hydrogen (secondary N) is 3. The Balaban J connectivity index is 1.42. The van der Waals surface area contributed by atoms with E-state index in [9.17, 15) is 4.79 Å². The Bertz CT molecular complexity index is 1190. The third kappa shape index (κ3) is 5.75. The molecule has 0 bridgehead atoms. The van der Waals surface area contributed by atoms with Crippen LogP contribution in [0.25, 0.3) is 22.3 Å². The maximum Gasteiger partial charge on any atom is 0.307 e. The molecule has 7 heteroatoms. The van der Waals surface area contributed by atoms with Crippen LogP contribution >= 0.6 is 0 Å². The van der Waals surface area contributed by atoms with Crippen molar-refractivity contribution in [2.24, 2.45) is 0 Å². The van der Waals surface area contributed by atoms with Crippen LogP contribution in [0.15, 0.2) is 67.0 Å². The quantitative estimate of drug-likeness (QED) is 0.240. The van der Waals surface area contributed by atoms with Crippen molar-refractivity contribution in [2.75, 3.05) is 18.5 Å². The van der Waals surface area contributed by atoms with Gasteiger partial charge in [0.15, 0.2) is 0 Å². The Morgan fingerprint density at radius 3 is 2.64 bits per heavy atom. The first kappa shape index (κ1) is 22.5. The summed E-state index contributed by atoms with van der Waals surface area (Å²) in [6.45, 7) is 5.65. The third-order valence-electron chi connectivity index (χ3n) is 5.48. The van der Waals surface area contributed by atoms with Crippen LogP contribution in [0, 0.1) is 0 Å². The summed E-state index contributed by atoms with van der Waals surface area (Å²) in [6, 6.07) is 20.8. The molecule has 4 aromatic rings. The minimum atomic E-state index is -0.172. The molecule has 0 radical (unpaired) electrons. The molecule has 3 N–H and O–H groups in total. The van der Waals surface area contributed by atoms with E-state index < -0.39 is 0 Å². The van der Waals surface area contributed by atoms with E-state index in [0.717, 1.165) is 33.7 Å². The molecule has 7 nitrogen and oxygen atoms in total. The molecule has 1 atom stereocenters. The fraction of sp³-hybridized carbons (Fsp3) is 0.269. The lowest BCUT2D eigenvalue weighted by molar-refractivity contribution is -0.142. The van der Waals surface area contributed by atoms with Gasteiger partial charge in [0, 0.05) is 24.8 Å². The van der Waals surface area contributed by atoms with Gasteiger partial charge < -0.3 is 20.4 Å². The summed E-state index contributed by atoms with van der Waals surface area (Å²) in [5, 5.41) is 7.74. The minimum Gasteiger partial charge on any atom is -0.466 e. The topological polar surface area (TPSA) is 91.9 Å². The Morgan fingerprint density at radius 2 is 1.88 bits per heavy atom. The molecule has 0 aliphatic rings. The van der Waals surface area contributed by atoms with Crippen LogP contribution in [0.2, 0.25) is 0 Å². The zero-order valence-electron chi connectivity index (χ0n) is 19.0. The first-order valence-electron chi connectivity index (χ1n) is 11.2. The van der Waals surface area contributed by atoms with Gasteiger partial charge in [-0.05, 0) is 36.6 Å². The van der Waals surface area contributed by atoms with Gasteiger partial charge in [0.1, 0.15) is 17.8 Å². The third-order valence-corrected chi connectivity index (χ3v) is 5.48. The largest absolute Gasteiger partial charge is 0.466 e. The van der Waals surface area contributed by atoms with Gasteiger partial charge in [-0.1, -0.05) is 54.6 Å². The molecule has 0 spiro atoms. The normalized spacial score (nSPS) is 11.9. The van der Waals surface area contributed by atoms with Crippen molar-refractivity contribution in [3.8, 4) is 11.3 Å². The lowest BCUT2D eigenvalue weighted by Gasteiger charge is -2.15. The van der Waals surface area contributed by atoms with Crippen molar-refractivity contribution in [2.45, 2.75) is 32.9 Å². The fourth-order valence-electron chi connectivity index (χ4n) is 3.70. The zero-order chi connectivity index (χ0) is 23.0. The number of H-pyrrole nitrogens is 1. The summed E-state index contributed by atoms with van der Waals surface area (Å²) in [4.78, 5) is 23.7. The molecule has 1 unspecified atom stereocenters. The standard InChI is InChI=1S/C26H29N5O2/c1-3-33-24(32)13-14-27-16-19-9-11-21(12-10-19)23-15-22-25(28-17-29-26(22)31-23)30-18(2)20-7-5-4-6-8-20/h4-12,15,17-18,27H,3,13-14,16H2,1-2H3,(H2,28,29,30,31). The average Bonchev–Trinajstić information content (AvgIpc) is 3.28. The molecular formula is C26H29N5O2. The molecule has 0 aliphatic heterocycles. The van der Waals surface area contributed by atoms with E-state index in [1.54, 1.807) is 6.33 Å². The number of carbonyl (C=O) groups excluding carboxylic acids is 1. The summed E-state index contributed by atoms with van der Waals surface area (Å²) in [7, 11) is 0. The van der Waals surface area contributed by atoms with Gasteiger partial charge in [0.25, 0.3) is 0 Å². The molecule has 0 amide bonds. The molecule has 33 heavy (non-hydrogen) atoms. The van der Waals surface area contributed by atoms with Gasteiger partial charge in [0.05, 0.1) is 18.4 Å². The zero-order valence-corrected chi connectivity index (χ0v) is 19.0. The molecule has 0 saturated heterocycles. The van der Waals surface area contributed by atoms with E-state index in [-0.39, 0.29) is 12.0 Å². The summed E-state index contributed by atoms with van der Waals surface area (Å²) >= 11 is 0. The van der Waals surface area contributed by atoms with Crippen molar-refractivity contribution in [3.05, 3.63) is 78.1 Å². The van der Waals surface area contributed by atoms with Crippen molar-refractivity contribution in [1.82, 2.24) is 20.3 Å². The van der Waals surface area contributed by atoms with Crippen molar-refractivity contribution >= 4 is 22.8 Å². The predicted molar refractivity (Wildman–Crippen MR) is 131 cm³/mol. The molecule has 0 saturated carbocycles. The van der Waals surface area contributed by atoms with Gasteiger partial charge in [0.2, 0.25) is 0 Å². The SMILES string of the molecule is CCOC(=O)CCNCc1ccc(-c2cc3c(NC(C)c4ccccc4)ncnc3[nH]2)cc1. The van der Waals surface area contributed by atoms with Crippen molar-refractivity contribution < 1.29 is 9.53 Å². The lowest BCUT2D eigenvalue weighted by atomic mass is 10.1. The number of ether oxygens (including phenoxy) is 1. The smallest absolute Gasteiger partial charge is 0.307 e. The monoisotopic (exact) mass is 443 g/mol. The average molecular weight is 444 g/mol. The number of esters is 1. The van der Waals surface area contributed by atoms with Gasteiger partial charge >= 0.3 is 5.97 Å². The van der Waals surface area contributed by atoms with Gasteiger partial charge in [-0.3, -0.25) is 4.79 Å². The molecule has 2 aromatic carbocycles. The van der Waals surface area contributed by atoms with Crippen LogP contribution in [0.5, 0.6) is 0 Å². The number of carbonyl (C=O) groups is 1. The van der Waals surface area contributed by atoms with E-state index in [4.69, 9.17) is 4.74 Å². The molecule has 170 valence electrons. The second-order valence-electron chi connectivity index (χ2n) is 7.87. The first-order chi connectivity index (χ1) is 16.1. The van der Waals surface area contributed by atoms with Gasteiger partial charge in [-0.25, -0.2) is 9.97 Å². The number of fused-ring (bicyclic) bond motifs is 1. The van der Waals surface area contributed by atoms with E-state index in [1.807, 2.05) is 25.1 Å². The Hall–Kier alpha value is -3.71. The van der Waals surface area contributed by atoms with Crippen LogP contribution in [-0.2, 0) is 16.1 Å². The number of hydrogen-bond donors (Lipinski definition) is 3. The summed E-state index contributed by atoms with van der Waals surface area (Å²) in [5.41, 5.74) is 5.21. The number of nitrogens with zero attached hydrogens (tertiary/aromatic N) is 2.